The molecule has 6 nitrogen and oxygen atoms in total. The molecule has 0 saturated carbocycles. The van der Waals surface area contributed by atoms with Gasteiger partial charge in [-0.3, -0.25) is 9.59 Å². The van der Waals surface area contributed by atoms with Crippen molar-refractivity contribution in [2.75, 3.05) is 12.4 Å². The second-order valence-electron chi connectivity index (χ2n) is 7.01. The number of carbonyl (C=O) groups is 2. The van der Waals surface area contributed by atoms with E-state index in [1.165, 1.54) is 0 Å². The maximum Gasteiger partial charge on any atom is 0.247 e. The number of aromatic nitrogens is 1. The molecule has 1 aliphatic heterocycles. The van der Waals surface area contributed by atoms with Crippen LogP contribution < -0.4 is 10.1 Å². The maximum absolute atomic E-state index is 12.9. The normalized spacial score (nSPS) is 16.1. The standard InChI is InChI=1S/C23H23N3O3/c1-29-21-7-3-2-6-17(21)16-26-20(12-13-22(26)27)23(28)24-18-8-10-19(11-9-18)25-14-4-5-15-25/h2-11,14-15,20H,12-13,16H2,1H3,(H,24,28). The zero-order valence-corrected chi connectivity index (χ0v) is 16.2. The molecule has 1 unspecified atom stereocenters. The van der Waals surface area contributed by atoms with Crippen molar-refractivity contribution in [3.05, 3.63) is 78.6 Å². The van der Waals surface area contributed by atoms with Crippen LogP contribution in [0.3, 0.4) is 0 Å². The second-order valence-corrected chi connectivity index (χ2v) is 7.01. The van der Waals surface area contributed by atoms with Crippen LogP contribution in [0.2, 0.25) is 0 Å². The second kappa shape index (κ2) is 8.22. The van der Waals surface area contributed by atoms with E-state index in [1.807, 2.05) is 77.6 Å². The number of anilines is 1. The number of nitrogens with zero attached hydrogens (tertiary/aromatic N) is 2. The van der Waals surface area contributed by atoms with Gasteiger partial charge in [0.1, 0.15) is 11.8 Å². The molecule has 1 fully saturated rings. The number of carbonyl (C=O) groups excluding carboxylic acids is 2. The third kappa shape index (κ3) is 4.01. The van der Waals surface area contributed by atoms with E-state index < -0.39 is 6.04 Å². The predicted molar refractivity (Wildman–Crippen MR) is 111 cm³/mol. The topological polar surface area (TPSA) is 63.6 Å². The van der Waals surface area contributed by atoms with Crippen LogP contribution in [-0.2, 0) is 16.1 Å². The highest BCUT2D eigenvalue weighted by Gasteiger charge is 2.36. The third-order valence-electron chi connectivity index (χ3n) is 5.20. The number of likely N-dealkylation sites (tertiary alicyclic amines) is 1. The van der Waals surface area contributed by atoms with Gasteiger partial charge in [-0.1, -0.05) is 18.2 Å². The van der Waals surface area contributed by atoms with E-state index in [9.17, 15) is 9.59 Å². The van der Waals surface area contributed by atoms with Crippen LogP contribution in [0, 0.1) is 0 Å². The van der Waals surface area contributed by atoms with E-state index in [2.05, 4.69) is 5.32 Å². The van der Waals surface area contributed by atoms with Gasteiger partial charge in [-0.05, 0) is 48.9 Å². The molecular formula is C23H23N3O3. The molecule has 1 aromatic heterocycles. The van der Waals surface area contributed by atoms with Gasteiger partial charge in [0, 0.05) is 35.8 Å². The van der Waals surface area contributed by atoms with E-state index in [0.29, 0.717) is 30.8 Å². The summed E-state index contributed by atoms with van der Waals surface area (Å²) in [7, 11) is 1.60. The molecule has 2 amide bonds. The first-order valence-corrected chi connectivity index (χ1v) is 9.61. The Morgan fingerprint density at radius 1 is 1.07 bits per heavy atom. The van der Waals surface area contributed by atoms with Crippen molar-refractivity contribution in [1.82, 2.24) is 9.47 Å². The Kier molecular flexibility index (Phi) is 5.33. The molecule has 6 heteroatoms. The number of ether oxygens (including phenoxy) is 1. The van der Waals surface area contributed by atoms with E-state index in [-0.39, 0.29) is 11.8 Å². The van der Waals surface area contributed by atoms with Gasteiger partial charge in [-0.15, -0.1) is 0 Å². The van der Waals surface area contributed by atoms with Crippen LogP contribution in [0.4, 0.5) is 5.69 Å². The number of benzene rings is 2. The molecule has 0 spiro atoms. The molecule has 1 atom stereocenters. The molecule has 0 aliphatic carbocycles. The summed E-state index contributed by atoms with van der Waals surface area (Å²) >= 11 is 0. The van der Waals surface area contributed by atoms with Crippen molar-refractivity contribution < 1.29 is 14.3 Å². The average Bonchev–Trinajstić information content (AvgIpc) is 3.40. The van der Waals surface area contributed by atoms with Gasteiger partial charge < -0.3 is 19.5 Å². The van der Waals surface area contributed by atoms with E-state index in [4.69, 9.17) is 4.74 Å². The monoisotopic (exact) mass is 389 g/mol. The molecule has 148 valence electrons. The molecule has 1 N–H and O–H groups in total. The van der Waals surface area contributed by atoms with Gasteiger partial charge in [0.05, 0.1) is 13.7 Å². The minimum atomic E-state index is -0.489. The van der Waals surface area contributed by atoms with Crippen LogP contribution in [0.25, 0.3) is 5.69 Å². The Labute approximate surface area is 169 Å². The summed E-state index contributed by atoms with van der Waals surface area (Å²) in [5.41, 5.74) is 2.61. The quantitative estimate of drug-likeness (QED) is 0.700. The van der Waals surface area contributed by atoms with Gasteiger partial charge in [-0.2, -0.15) is 0 Å². The molecule has 4 rings (SSSR count). The molecule has 0 radical (unpaired) electrons. The average molecular weight is 389 g/mol. The van der Waals surface area contributed by atoms with Crippen LogP contribution in [0.5, 0.6) is 5.75 Å². The zero-order valence-electron chi connectivity index (χ0n) is 16.2. The lowest BCUT2D eigenvalue weighted by Crippen LogP contribution is -2.41. The molecule has 1 aliphatic rings. The van der Waals surface area contributed by atoms with Crippen molar-refractivity contribution in [2.45, 2.75) is 25.4 Å². The smallest absolute Gasteiger partial charge is 0.247 e. The minimum Gasteiger partial charge on any atom is -0.496 e. The first-order valence-electron chi connectivity index (χ1n) is 9.61. The zero-order chi connectivity index (χ0) is 20.2. The van der Waals surface area contributed by atoms with Gasteiger partial charge in [0.15, 0.2) is 0 Å². The fourth-order valence-electron chi connectivity index (χ4n) is 3.67. The number of hydrogen-bond donors (Lipinski definition) is 1. The van der Waals surface area contributed by atoms with Crippen LogP contribution in [0.1, 0.15) is 18.4 Å². The summed E-state index contributed by atoms with van der Waals surface area (Å²) in [5, 5.41) is 2.95. The molecule has 1 saturated heterocycles. The Hall–Kier alpha value is -3.54. The number of nitrogens with one attached hydrogen (secondary N) is 1. The highest BCUT2D eigenvalue weighted by Crippen LogP contribution is 2.26. The third-order valence-corrected chi connectivity index (χ3v) is 5.20. The van der Waals surface area contributed by atoms with Crippen LogP contribution >= 0.6 is 0 Å². The van der Waals surface area contributed by atoms with Crippen LogP contribution in [0.15, 0.2) is 73.1 Å². The van der Waals surface area contributed by atoms with E-state index in [1.54, 1.807) is 12.0 Å². The highest BCUT2D eigenvalue weighted by atomic mass is 16.5. The maximum atomic E-state index is 12.9. The Morgan fingerprint density at radius 2 is 1.79 bits per heavy atom. The Morgan fingerprint density at radius 3 is 2.52 bits per heavy atom. The molecule has 3 aromatic rings. The molecule has 2 aromatic carbocycles. The lowest BCUT2D eigenvalue weighted by molar-refractivity contribution is -0.133. The van der Waals surface area contributed by atoms with Crippen molar-refractivity contribution in [2.24, 2.45) is 0 Å². The minimum absolute atomic E-state index is 0.0148. The molecular weight excluding hydrogens is 366 g/mol. The van der Waals surface area contributed by atoms with Crippen molar-refractivity contribution >= 4 is 17.5 Å². The summed E-state index contributed by atoms with van der Waals surface area (Å²) in [5.74, 6) is 0.533. The van der Waals surface area contributed by atoms with Gasteiger partial charge in [0.2, 0.25) is 11.8 Å². The summed E-state index contributed by atoms with van der Waals surface area (Å²) in [4.78, 5) is 27.0. The lowest BCUT2D eigenvalue weighted by Gasteiger charge is -2.25. The van der Waals surface area contributed by atoms with Crippen molar-refractivity contribution in [3.63, 3.8) is 0 Å². The SMILES string of the molecule is COc1ccccc1CN1C(=O)CCC1C(=O)Nc1ccc(-n2cccc2)cc1. The summed E-state index contributed by atoms with van der Waals surface area (Å²) in [6.07, 6.45) is 4.82. The Bertz CT molecular complexity index is 996. The number of rotatable bonds is 6. The van der Waals surface area contributed by atoms with E-state index in [0.717, 1.165) is 11.3 Å². The summed E-state index contributed by atoms with van der Waals surface area (Å²) in [6, 6.07) is 18.6. The predicted octanol–water partition coefficient (Wildman–Crippen LogP) is 3.62. The number of methoxy groups -OCH3 is 1. The first-order chi connectivity index (χ1) is 14.2. The fraction of sp³-hybridized carbons (Fsp3) is 0.217. The van der Waals surface area contributed by atoms with Gasteiger partial charge >= 0.3 is 0 Å². The molecule has 0 bridgehead atoms. The van der Waals surface area contributed by atoms with E-state index >= 15 is 0 Å². The van der Waals surface area contributed by atoms with Gasteiger partial charge in [0.25, 0.3) is 0 Å². The fourth-order valence-corrected chi connectivity index (χ4v) is 3.67. The summed E-state index contributed by atoms with van der Waals surface area (Å²) < 4.78 is 7.38. The van der Waals surface area contributed by atoms with Crippen LogP contribution in [-0.4, -0.2) is 34.4 Å². The number of hydrogen-bond acceptors (Lipinski definition) is 3. The van der Waals surface area contributed by atoms with Crippen molar-refractivity contribution in [3.8, 4) is 11.4 Å². The molecule has 2 heterocycles. The largest absolute Gasteiger partial charge is 0.496 e. The summed E-state index contributed by atoms with van der Waals surface area (Å²) in [6.45, 7) is 0.355. The number of amides is 2. The molecule has 29 heavy (non-hydrogen) atoms. The highest BCUT2D eigenvalue weighted by molar-refractivity contribution is 5.99. The first kappa shape index (κ1) is 18.8. The van der Waals surface area contributed by atoms with Gasteiger partial charge in [-0.25, -0.2) is 0 Å². The lowest BCUT2D eigenvalue weighted by atomic mass is 10.1. The van der Waals surface area contributed by atoms with Crippen molar-refractivity contribution in [1.29, 1.82) is 0 Å². The number of para-hydroxylation sites is 1. The Balaban J connectivity index is 1.46.